The van der Waals surface area contributed by atoms with Gasteiger partial charge in [0.2, 0.25) is 11.8 Å². The third-order valence-electron chi connectivity index (χ3n) is 9.85. The highest BCUT2D eigenvalue weighted by Gasteiger charge is 2.44. The number of nitrogens with one attached hydrogen (secondary N) is 2. The second-order valence-electron chi connectivity index (χ2n) is 16.6. The fourth-order valence-corrected chi connectivity index (χ4v) is 7.37. The number of pyridine rings is 1. The number of aliphatic hydroxyl groups is 1. The average Bonchev–Trinajstić information content (AvgIpc) is 3.42. The van der Waals surface area contributed by atoms with E-state index in [1.165, 1.54) is 7.05 Å². The van der Waals surface area contributed by atoms with Crippen molar-refractivity contribution in [2.75, 3.05) is 20.1 Å². The number of amides is 5. The second-order valence-corrected chi connectivity index (χ2v) is 16.6. The summed E-state index contributed by atoms with van der Waals surface area (Å²) >= 11 is 0. The molecule has 4 rings (SSSR count). The van der Waals surface area contributed by atoms with Crippen molar-refractivity contribution in [3.05, 3.63) is 101 Å². The van der Waals surface area contributed by atoms with Gasteiger partial charge in [-0.2, -0.15) is 0 Å². The largest absolute Gasteiger partial charge is 0.465 e. The van der Waals surface area contributed by atoms with Crippen LogP contribution in [0.3, 0.4) is 0 Å². The van der Waals surface area contributed by atoms with Gasteiger partial charge in [0.15, 0.2) is 0 Å². The van der Waals surface area contributed by atoms with Crippen LogP contribution in [0.15, 0.2) is 78.9 Å². The molecule has 54 heavy (non-hydrogen) atoms. The Morgan fingerprint density at radius 2 is 1.41 bits per heavy atom. The molecule has 0 spiro atoms. The van der Waals surface area contributed by atoms with E-state index < -0.39 is 53.1 Å². The van der Waals surface area contributed by atoms with Crippen molar-refractivity contribution in [3.63, 3.8) is 0 Å². The number of aryl methyl sites for hydroxylation is 1. The van der Waals surface area contributed by atoms with Crippen LogP contribution in [0.1, 0.15) is 70.5 Å². The minimum absolute atomic E-state index is 0.0727. The molecular weight excluding hydrogens is 684 g/mol. The molecule has 2 aromatic carbocycles. The maximum atomic E-state index is 14.4. The van der Waals surface area contributed by atoms with E-state index in [0.29, 0.717) is 26.1 Å². The topological polar surface area (TPSA) is 155 Å². The van der Waals surface area contributed by atoms with E-state index in [1.54, 1.807) is 30.6 Å². The van der Waals surface area contributed by atoms with Gasteiger partial charge >= 0.3 is 12.1 Å². The molecule has 1 fully saturated rings. The zero-order valence-corrected chi connectivity index (χ0v) is 33.0. The van der Waals surface area contributed by atoms with E-state index in [-0.39, 0.29) is 24.8 Å². The monoisotopic (exact) mass is 742 g/mol. The van der Waals surface area contributed by atoms with Crippen LogP contribution in [0.25, 0.3) is 0 Å². The molecule has 5 amide bonds. The molecule has 0 bridgehead atoms. The number of nitrogens with zero attached hydrogens (tertiary/aromatic N) is 4. The number of benzene rings is 2. The van der Waals surface area contributed by atoms with Crippen molar-refractivity contribution in [2.45, 2.75) is 105 Å². The van der Waals surface area contributed by atoms with Crippen LogP contribution >= 0.6 is 0 Å². The van der Waals surface area contributed by atoms with Crippen LogP contribution in [-0.2, 0) is 29.0 Å². The number of likely N-dealkylation sites (N-methyl/N-ethyl adjacent to an activating group) is 1. The van der Waals surface area contributed by atoms with Crippen molar-refractivity contribution in [3.8, 4) is 0 Å². The lowest BCUT2D eigenvalue weighted by atomic mass is 9.84. The Labute approximate surface area is 319 Å². The van der Waals surface area contributed by atoms with Crippen LogP contribution in [0.4, 0.5) is 9.59 Å². The molecule has 0 radical (unpaired) electrons. The Morgan fingerprint density at radius 1 is 0.815 bits per heavy atom. The van der Waals surface area contributed by atoms with Crippen molar-refractivity contribution >= 4 is 23.9 Å². The molecule has 0 aliphatic carbocycles. The Hall–Kier alpha value is -4.97. The molecule has 292 valence electrons. The van der Waals surface area contributed by atoms with Crippen LogP contribution in [-0.4, -0.2) is 104 Å². The third kappa shape index (κ3) is 11.3. The third-order valence-corrected chi connectivity index (χ3v) is 9.85. The first-order valence-electron chi connectivity index (χ1n) is 18.7. The Balaban J connectivity index is 1.61. The Morgan fingerprint density at radius 3 is 1.94 bits per heavy atom. The number of aliphatic hydroxyl groups excluding tert-OH is 1. The quantitative estimate of drug-likeness (QED) is 0.165. The summed E-state index contributed by atoms with van der Waals surface area (Å²) in [7, 11) is 1.36. The number of hydrogen-bond donors (Lipinski definition) is 4. The van der Waals surface area contributed by atoms with Crippen molar-refractivity contribution in [2.24, 2.45) is 10.8 Å². The predicted octanol–water partition coefficient (Wildman–Crippen LogP) is 5.27. The highest BCUT2D eigenvalue weighted by molar-refractivity contribution is 5.89. The van der Waals surface area contributed by atoms with Crippen molar-refractivity contribution in [1.82, 2.24) is 30.3 Å². The number of carboxylic acid groups (broad SMARTS) is 1. The molecule has 0 unspecified atom stereocenters. The number of aromatic nitrogens is 1. The smallest absolute Gasteiger partial charge is 0.407 e. The molecule has 1 aliphatic heterocycles. The van der Waals surface area contributed by atoms with Gasteiger partial charge < -0.3 is 30.6 Å². The first kappa shape index (κ1) is 41.8. The summed E-state index contributed by atoms with van der Waals surface area (Å²) in [5.41, 5.74) is 2.08. The second kappa shape index (κ2) is 17.9. The zero-order valence-electron chi connectivity index (χ0n) is 33.0. The van der Waals surface area contributed by atoms with E-state index in [2.05, 4.69) is 15.6 Å². The molecule has 2 heterocycles. The number of urea groups is 1. The van der Waals surface area contributed by atoms with Gasteiger partial charge in [-0.05, 0) is 60.3 Å². The van der Waals surface area contributed by atoms with E-state index in [0.717, 1.165) is 27.4 Å². The van der Waals surface area contributed by atoms with E-state index in [9.17, 15) is 29.4 Å². The van der Waals surface area contributed by atoms with Crippen LogP contribution in [0, 0.1) is 17.8 Å². The van der Waals surface area contributed by atoms with Gasteiger partial charge in [-0.3, -0.25) is 19.5 Å². The summed E-state index contributed by atoms with van der Waals surface area (Å²) in [6, 6.07) is 21.3. The summed E-state index contributed by atoms with van der Waals surface area (Å²) in [5, 5.41) is 28.0. The van der Waals surface area contributed by atoms with Crippen LogP contribution in [0.2, 0.25) is 0 Å². The number of carbonyl (C=O) groups excluding carboxylic acids is 3. The SMILES string of the molecule is Cc1cccc(CN2CCN([C@H](C(=O)N[C@@H](Cc3ccccc3)C[C@H](O)[C@H](Cc3ccccc3)NC(=O)[C@@H](N(C)C(=O)O)C(C)(C)C)C(C)(C)C)C2=O)n1. The number of hydrogen-bond acceptors (Lipinski definition) is 6. The van der Waals surface area contributed by atoms with Gasteiger partial charge in [0.05, 0.1) is 24.4 Å². The normalized spacial score (nSPS) is 16.3. The molecule has 0 saturated carbocycles. The highest BCUT2D eigenvalue weighted by Crippen LogP contribution is 2.29. The summed E-state index contributed by atoms with van der Waals surface area (Å²) in [6.45, 7) is 14.2. The molecule has 5 atom stereocenters. The summed E-state index contributed by atoms with van der Waals surface area (Å²) < 4.78 is 0. The van der Waals surface area contributed by atoms with Crippen molar-refractivity contribution in [1.29, 1.82) is 0 Å². The maximum absolute atomic E-state index is 14.4. The molecule has 1 saturated heterocycles. The van der Waals surface area contributed by atoms with Gasteiger partial charge in [-0.25, -0.2) is 9.59 Å². The van der Waals surface area contributed by atoms with Gasteiger partial charge in [0.25, 0.3) is 0 Å². The van der Waals surface area contributed by atoms with Crippen LogP contribution < -0.4 is 10.6 Å². The minimum Gasteiger partial charge on any atom is -0.465 e. The number of carbonyl (C=O) groups is 4. The predicted molar refractivity (Wildman–Crippen MR) is 209 cm³/mol. The van der Waals surface area contributed by atoms with Crippen molar-refractivity contribution < 1.29 is 29.4 Å². The fraction of sp³-hybridized carbons (Fsp3) is 0.500. The summed E-state index contributed by atoms with van der Waals surface area (Å²) in [6.07, 6.45) is -1.65. The molecular formula is C42H58N6O6. The molecule has 1 aromatic heterocycles. The average molecular weight is 743 g/mol. The molecule has 12 heteroatoms. The molecule has 4 N–H and O–H groups in total. The van der Waals surface area contributed by atoms with Gasteiger partial charge in [-0.15, -0.1) is 0 Å². The lowest BCUT2D eigenvalue weighted by Crippen LogP contribution is -2.59. The number of rotatable bonds is 15. The first-order valence-corrected chi connectivity index (χ1v) is 18.7. The first-order chi connectivity index (χ1) is 25.3. The summed E-state index contributed by atoms with van der Waals surface area (Å²) in [4.78, 5) is 63.1. The highest BCUT2D eigenvalue weighted by atomic mass is 16.4. The molecule has 1 aliphatic rings. The van der Waals surface area contributed by atoms with E-state index in [4.69, 9.17) is 0 Å². The summed E-state index contributed by atoms with van der Waals surface area (Å²) in [5.74, 6) is -0.860. The lowest BCUT2D eigenvalue weighted by molar-refractivity contribution is -0.131. The minimum atomic E-state index is -1.24. The van der Waals surface area contributed by atoms with E-state index >= 15 is 0 Å². The molecule has 3 aromatic rings. The van der Waals surface area contributed by atoms with Gasteiger partial charge in [0.1, 0.15) is 12.1 Å². The Bertz CT molecular complexity index is 1720. The standard InChI is InChI=1S/C42H58N6O6/c1-28-16-15-21-31(43-28)27-47-22-23-48(39(47)52)36(42(5,6)7)38(51)44-32(24-29-17-11-9-12-18-29)26-34(49)33(25-30-19-13-10-14-20-30)45-37(50)35(41(2,3)4)46(8)40(53)54/h9-21,32-36,49H,22-27H2,1-8H3,(H,44,51)(H,45,50)(H,53,54)/t32-,33-,34-,35+,36+/m0/s1. The van der Waals surface area contributed by atoms with E-state index in [1.807, 2.05) is 107 Å². The molecule has 12 nitrogen and oxygen atoms in total. The Kier molecular flexibility index (Phi) is 13.9. The lowest BCUT2D eigenvalue weighted by Gasteiger charge is -2.38. The maximum Gasteiger partial charge on any atom is 0.407 e. The van der Waals surface area contributed by atoms with Gasteiger partial charge in [-0.1, -0.05) is 108 Å². The van der Waals surface area contributed by atoms with Crippen LogP contribution in [0.5, 0.6) is 0 Å². The fourth-order valence-electron chi connectivity index (χ4n) is 7.37. The van der Waals surface area contributed by atoms with Gasteiger partial charge in [0, 0.05) is 31.9 Å². The zero-order chi connectivity index (χ0) is 39.8.